The first kappa shape index (κ1) is 21.4. The number of carboxylic acid groups (broad SMARTS) is 1. The molecule has 0 aliphatic carbocycles. The summed E-state index contributed by atoms with van der Waals surface area (Å²) in [6.45, 7) is 0.315. The number of aliphatic hydroxyl groups excluding tert-OH is 1. The Hall–Kier alpha value is -1.88. The third-order valence-corrected chi connectivity index (χ3v) is 5.56. The number of amides is 1. The molecule has 1 aliphatic rings. The van der Waals surface area contributed by atoms with Gasteiger partial charge in [-0.25, -0.2) is 0 Å². The van der Waals surface area contributed by atoms with E-state index in [0.717, 1.165) is 17.7 Å². The number of aliphatic carboxylic acids is 1. The van der Waals surface area contributed by atoms with Crippen molar-refractivity contribution in [3.05, 3.63) is 42.5 Å². The molecular weight excluding hydrogens is 382 g/mol. The van der Waals surface area contributed by atoms with Crippen LogP contribution in [0.25, 0.3) is 0 Å². The fourth-order valence-electron chi connectivity index (χ4n) is 2.61. The fourth-order valence-corrected chi connectivity index (χ4v) is 3.92. The minimum atomic E-state index is -0.840. The molecule has 2 N–H and O–H groups in total. The average Bonchev–Trinajstić information content (AvgIpc) is 2.65. The summed E-state index contributed by atoms with van der Waals surface area (Å²) in [6.07, 6.45) is 5.87. The third kappa shape index (κ3) is 8.12. The second-order valence-electron chi connectivity index (χ2n) is 5.96. The SMILES string of the molecule is O=C(O)CCSC#CCN1C(=O)CCC[C@@H]1/C=C/C(O)Sc1ccccc1. The van der Waals surface area contributed by atoms with E-state index in [2.05, 4.69) is 11.2 Å². The van der Waals surface area contributed by atoms with Crippen molar-refractivity contribution in [3.8, 4) is 11.2 Å². The van der Waals surface area contributed by atoms with Crippen LogP contribution in [0, 0.1) is 11.2 Å². The van der Waals surface area contributed by atoms with E-state index in [-0.39, 0.29) is 18.4 Å². The highest BCUT2D eigenvalue weighted by molar-refractivity contribution is 8.03. The van der Waals surface area contributed by atoms with Gasteiger partial charge in [-0.2, -0.15) is 0 Å². The summed E-state index contributed by atoms with van der Waals surface area (Å²) in [5.41, 5.74) is -0.677. The van der Waals surface area contributed by atoms with E-state index in [1.807, 2.05) is 36.4 Å². The van der Waals surface area contributed by atoms with E-state index >= 15 is 0 Å². The molecule has 2 rings (SSSR count). The van der Waals surface area contributed by atoms with Crippen molar-refractivity contribution in [2.24, 2.45) is 0 Å². The molecule has 2 atom stereocenters. The van der Waals surface area contributed by atoms with Crippen molar-refractivity contribution in [1.82, 2.24) is 4.90 Å². The predicted octanol–water partition coefficient (Wildman–Crippen LogP) is 3.20. The van der Waals surface area contributed by atoms with Crippen LogP contribution in [-0.4, -0.2) is 50.8 Å². The molecule has 7 heteroatoms. The lowest BCUT2D eigenvalue weighted by Crippen LogP contribution is -2.42. The standard InChI is InChI=1S/C20H23NO4S2/c22-18-9-4-6-16(21(18)13-5-14-26-15-12-19(23)24)10-11-20(25)27-17-7-2-1-3-8-17/h1-3,7-8,10-11,16,20,25H,4,6,9,12-13,15H2,(H,23,24)/b11-10+/t16-,20?/m1/s1. The molecule has 0 saturated carbocycles. The quantitative estimate of drug-likeness (QED) is 0.227. The molecule has 0 aromatic heterocycles. The van der Waals surface area contributed by atoms with Crippen molar-refractivity contribution < 1.29 is 19.8 Å². The zero-order valence-electron chi connectivity index (χ0n) is 14.9. The molecule has 1 aromatic carbocycles. The molecular formula is C20H23NO4S2. The van der Waals surface area contributed by atoms with Crippen molar-refractivity contribution in [2.45, 2.75) is 42.1 Å². The lowest BCUT2D eigenvalue weighted by atomic mass is 10.0. The van der Waals surface area contributed by atoms with Gasteiger partial charge in [0.1, 0.15) is 5.44 Å². The molecule has 0 bridgehead atoms. The number of hydrogen-bond acceptors (Lipinski definition) is 5. The van der Waals surface area contributed by atoms with Gasteiger partial charge in [0.25, 0.3) is 0 Å². The van der Waals surface area contributed by atoms with Gasteiger partial charge in [0.05, 0.1) is 19.0 Å². The zero-order valence-corrected chi connectivity index (χ0v) is 16.5. The summed E-state index contributed by atoms with van der Waals surface area (Å²) in [5.74, 6) is 2.59. The number of piperidine rings is 1. The van der Waals surface area contributed by atoms with Crippen LogP contribution in [0.1, 0.15) is 25.7 Å². The Labute approximate surface area is 168 Å². The Bertz CT molecular complexity index is 712. The van der Waals surface area contributed by atoms with Crippen LogP contribution in [-0.2, 0) is 9.59 Å². The first-order valence-electron chi connectivity index (χ1n) is 8.75. The number of aliphatic hydroxyl groups is 1. The Morgan fingerprint density at radius 3 is 2.89 bits per heavy atom. The molecule has 1 aromatic rings. The third-order valence-electron chi connectivity index (χ3n) is 3.92. The number of carbonyl (C=O) groups is 2. The Kier molecular flexibility index (Phi) is 9.32. The number of rotatable bonds is 8. The smallest absolute Gasteiger partial charge is 0.304 e. The number of thioether (sulfide) groups is 2. The summed E-state index contributed by atoms with van der Waals surface area (Å²) in [6, 6.07) is 9.58. The molecule has 5 nitrogen and oxygen atoms in total. The van der Waals surface area contributed by atoms with Crippen molar-refractivity contribution in [1.29, 1.82) is 0 Å². The first-order valence-corrected chi connectivity index (χ1v) is 10.6. The van der Waals surface area contributed by atoms with E-state index in [9.17, 15) is 14.7 Å². The number of carbonyl (C=O) groups excluding carboxylic acids is 1. The van der Waals surface area contributed by atoms with Gasteiger partial charge >= 0.3 is 5.97 Å². The van der Waals surface area contributed by atoms with E-state index in [0.29, 0.717) is 18.7 Å². The summed E-state index contributed by atoms with van der Waals surface area (Å²) < 4.78 is 0. The lowest BCUT2D eigenvalue weighted by molar-refractivity contribution is -0.136. The van der Waals surface area contributed by atoms with E-state index in [4.69, 9.17) is 5.11 Å². The summed E-state index contributed by atoms with van der Waals surface area (Å²) in [7, 11) is 0. The monoisotopic (exact) mass is 405 g/mol. The Morgan fingerprint density at radius 2 is 2.15 bits per heavy atom. The van der Waals surface area contributed by atoms with E-state index < -0.39 is 11.4 Å². The van der Waals surface area contributed by atoms with Crippen molar-refractivity contribution in [2.75, 3.05) is 12.3 Å². The molecule has 0 radical (unpaired) electrons. The van der Waals surface area contributed by atoms with E-state index in [1.165, 1.54) is 23.5 Å². The number of benzene rings is 1. The molecule has 1 saturated heterocycles. The maximum Gasteiger partial charge on any atom is 0.304 e. The van der Waals surface area contributed by atoms with Gasteiger partial charge < -0.3 is 15.1 Å². The topological polar surface area (TPSA) is 77.8 Å². The number of hydrogen-bond donors (Lipinski definition) is 2. The van der Waals surface area contributed by atoms with Gasteiger partial charge in [-0.1, -0.05) is 53.7 Å². The first-order chi connectivity index (χ1) is 13.1. The highest BCUT2D eigenvalue weighted by Crippen LogP contribution is 2.24. The van der Waals surface area contributed by atoms with Gasteiger partial charge in [-0.15, -0.1) is 0 Å². The lowest BCUT2D eigenvalue weighted by Gasteiger charge is -2.32. The maximum absolute atomic E-state index is 12.2. The zero-order chi connectivity index (χ0) is 19.5. The van der Waals surface area contributed by atoms with Crippen LogP contribution in [0.4, 0.5) is 0 Å². The van der Waals surface area contributed by atoms with Crippen molar-refractivity contribution >= 4 is 35.4 Å². The largest absolute Gasteiger partial charge is 0.481 e. The number of nitrogens with zero attached hydrogens (tertiary/aromatic N) is 1. The van der Waals surface area contributed by atoms with Crippen molar-refractivity contribution in [3.63, 3.8) is 0 Å². The second kappa shape index (κ2) is 11.8. The number of carboxylic acids is 1. The number of likely N-dealkylation sites (tertiary alicyclic amines) is 1. The normalized spacial score (nSPS) is 18.2. The summed E-state index contributed by atoms with van der Waals surface area (Å²) in [4.78, 5) is 25.4. The molecule has 1 unspecified atom stereocenters. The van der Waals surface area contributed by atoms with Gasteiger partial charge in [0, 0.05) is 17.1 Å². The van der Waals surface area contributed by atoms with Crippen LogP contribution in [0.3, 0.4) is 0 Å². The predicted molar refractivity (Wildman–Crippen MR) is 109 cm³/mol. The molecule has 1 amide bonds. The highest BCUT2D eigenvalue weighted by Gasteiger charge is 2.25. The molecule has 144 valence electrons. The molecule has 1 aliphatic heterocycles. The van der Waals surface area contributed by atoms with Crippen LogP contribution in [0.5, 0.6) is 0 Å². The van der Waals surface area contributed by atoms with Crippen LogP contribution in [0.2, 0.25) is 0 Å². The Morgan fingerprint density at radius 1 is 1.37 bits per heavy atom. The second-order valence-corrected chi connectivity index (χ2v) is 8.05. The van der Waals surface area contributed by atoms with Gasteiger partial charge in [-0.05, 0) is 36.3 Å². The molecule has 0 spiro atoms. The minimum absolute atomic E-state index is 0.0611. The van der Waals surface area contributed by atoms with Gasteiger partial charge in [0.2, 0.25) is 5.91 Å². The molecule has 27 heavy (non-hydrogen) atoms. The fraction of sp³-hybridized carbons (Fsp3) is 0.400. The molecule has 1 heterocycles. The minimum Gasteiger partial charge on any atom is -0.481 e. The van der Waals surface area contributed by atoms with Gasteiger partial charge in [0.15, 0.2) is 0 Å². The Balaban J connectivity index is 1.87. The highest BCUT2D eigenvalue weighted by atomic mass is 32.2. The van der Waals surface area contributed by atoms with E-state index in [1.54, 1.807) is 11.0 Å². The van der Waals surface area contributed by atoms with Crippen LogP contribution in [0.15, 0.2) is 47.4 Å². The van der Waals surface area contributed by atoms with Crippen LogP contribution >= 0.6 is 23.5 Å². The summed E-state index contributed by atoms with van der Waals surface area (Å²) >= 11 is 2.60. The molecule has 1 fully saturated rings. The van der Waals surface area contributed by atoms with Gasteiger partial charge in [-0.3, -0.25) is 9.59 Å². The van der Waals surface area contributed by atoms with Crippen LogP contribution < -0.4 is 0 Å². The average molecular weight is 406 g/mol. The summed E-state index contributed by atoms with van der Waals surface area (Å²) in [5, 5.41) is 21.7. The maximum atomic E-state index is 12.2.